The van der Waals surface area contributed by atoms with E-state index in [0.29, 0.717) is 17.1 Å². The van der Waals surface area contributed by atoms with E-state index in [1.54, 1.807) is 25.3 Å². The number of benzene rings is 2. The van der Waals surface area contributed by atoms with Gasteiger partial charge < -0.3 is 19.5 Å². The molecule has 0 aromatic heterocycles. The van der Waals surface area contributed by atoms with Gasteiger partial charge in [-0.25, -0.2) is 0 Å². The summed E-state index contributed by atoms with van der Waals surface area (Å²) in [6.45, 7) is 2.13. The first kappa shape index (κ1) is 14.3. The second-order valence-electron chi connectivity index (χ2n) is 5.04. The van der Waals surface area contributed by atoms with E-state index in [9.17, 15) is 4.79 Å². The number of methoxy groups -OCH3 is 1. The molecule has 1 heterocycles. The zero-order chi connectivity index (χ0) is 15.5. The number of carbonyl (C=O) groups is 1. The highest BCUT2D eigenvalue weighted by Gasteiger charge is 2.17. The minimum absolute atomic E-state index is 0.131. The van der Waals surface area contributed by atoms with Crippen LogP contribution in [-0.4, -0.2) is 19.8 Å². The van der Waals surface area contributed by atoms with Gasteiger partial charge in [0, 0.05) is 5.56 Å². The molecule has 0 aliphatic carbocycles. The third-order valence-electron chi connectivity index (χ3n) is 3.58. The summed E-state index contributed by atoms with van der Waals surface area (Å²) in [7, 11) is 1.62. The molecule has 1 unspecified atom stereocenters. The Bertz CT molecular complexity index is 699. The van der Waals surface area contributed by atoms with Crippen LogP contribution in [0.25, 0.3) is 0 Å². The maximum atomic E-state index is 12.3. The van der Waals surface area contributed by atoms with E-state index in [2.05, 4.69) is 5.32 Å². The first-order valence-electron chi connectivity index (χ1n) is 7.02. The fourth-order valence-electron chi connectivity index (χ4n) is 2.31. The summed E-state index contributed by atoms with van der Waals surface area (Å²) < 4.78 is 15.7. The topological polar surface area (TPSA) is 56.8 Å². The molecule has 0 saturated heterocycles. The maximum absolute atomic E-state index is 12.3. The number of hydrogen-bond donors (Lipinski definition) is 1. The van der Waals surface area contributed by atoms with Gasteiger partial charge in [0.2, 0.25) is 6.79 Å². The normalized spacial score (nSPS) is 13.5. The molecule has 0 spiro atoms. The number of carbonyl (C=O) groups excluding carboxylic acids is 1. The molecule has 2 aromatic carbocycles. The second-order valence-corrected chi connectivity index (χ2v) is 5.04. The Balaban J connectivity index is 1.73. The van der Waals surface area contributed by atoms with Crippen molar-refractivity contribution in [3.05, 3.63) is 53.6 Å². The number of nitrogens with one attached hydrogen (secondary N) is 1. The summed E-state index contributed by atoms with van der Waals surface area (Å²) in [6, 6.07) is 12.7. The van der Waals surface area contributed by atoms with Crippen LogP contribution in [0, 0.1) is 0 Å². The molecule has 5 nitrogen and oxygen atoms in total. The summed E-state index contributed by atoms with van der Waals surface area (Å²) >= 11 is 0. The Hall–Kier alpha value is -2.69. The Morgan fingerprint density at radius 3 is 2.82 bits per heavy atom. The molecule has 2 aromatic rings. The highest BCUT2D eigenvalue weighted by Crippen LogP contribution is 2.32. The summed E-state index contributed by atoms with van der Waals surface area (Å²) in [4.78, 5) is 12.3. The van der Waals surface area contributed by atoms with Gasteiger partial charge in [0.05, 0.1) is 13.2 Å². The number of fused-ring (bicyclic) bond motifs is 1. The van der Waals surface area contributed by atoms with Gasteiger partial charge in [-0.3, -0.25) is 4.79 Å². The summed E-state index contributed by atoms with van der Waals surface area (Å²) in [6.07, 6.45) is 0. The van der Waals surface area contributed by atoms with Gasteiger partial charge in [-0.1, -0.05) is 12.1 Å². The van der Waals surface area contributed by atoms with Crippen molar-refractivity contribution in [2.24, 2.45) is 0 Å². The molecule has 0 bridgehead atoms. The van der Waals surface area contributed by atoms with E-state index in [1.807, 2.05) is 31.2 Å². The first-order valence-corrected chi connectivity index (χ1v) is 7.02. The Morgan fingerprint density at radius 1 is 1.18 bits per heavy atom. The van der Waals surface area contributed by atoms with Gasteiger partial charge in [-0.15, -0.1) is 0 Å². The molecule has 5 heteroatoms. The molecule has 0 saturated carbocycles. The molecule has 114 valence electrons. The third kappa shape index (κ3) is 2.83. The fourth-order valence-corrected chi connectivity index (χ4v) is 2.31. The van der Waals surface area contributed by atoms with Crippen molar-refractivity contribution >= 4 is 5.91 Å². The lowest BCUT2D eigenvalue weighted by Gasteiger charge is -2.15. The molecule has 1 aliphatic heterocycles. The molecule has 1 aliphatic rings. The van der Waals surface area contributed by atoms with E-state index >= 15 is 0 Å². The van der Waals surface area contributed by atoms with Crippen molar-refractivity contribution in [1.29, 1.82) is 0 Å². The van der Waals surface area contributed by atoms with Gasteiger partial charge in [0.15, 0.2) is 11.5 Å². The molecule has 1 N–H and O–H groups in total. The zero-order valence-electron chi connectivity index (χ0n) is 12.5. The van der Waals surface area contributed by atoms with Crippen LogP contribution in [0.4, 0.5) is 0 Å². The lowest BCUT2D eigenvalue weighted by atomic mass is 10.1. The summed E-state index contributed by atoms with van der Waals surface area (Å²) in [5.41, 5.74) is 1.52. The fraction of sp³-hybridized carbons (Fsp3) is 0.235. The SMILES string of the molecule is COc1cccc(C(C)NC(=O)c2ccc3c(c2)OCO3)c1. The number of amides is 1. The van der Waals surface area contributed by atoms with E-state index in [-0.39, 0.29) is 18.7 Å². The van der Waals surface area contributed by atoms with Gasteiger partial charge in [0.25, 0.3) is 5.91 Å². The minimum atomic E-state index is -0.159. The average molecular weight is 299 g/mol. The van der Waals surface area contributed by atoms with Crippen molar-refractivity contribution in [3.63, 3.8) is 0 Å². The maximum Gasteiger partial charge on any atom is 0.251 e. The van der Waals surface area contributed by atoms with Crippen molar-refractivity contribution in [2.45, 2.75) is 13.0 Å². The van der Waals surface area contributed by atoms with Gasteiger partial charge in [-0.2, -0.15) is 0 Å². The zero-order valence-corrected chi connectivity index (χ0v) is 12.5. The second kappa shape index (κ2) is 5.97. The number of ether oxygens (including phenoxy) is 3. The lowest BCUT2D eigenvalue weighted by Crippen LogP contribution is -2.26. The van der Waals surface area contributed by atoms with Crippen LogP contribution >= 0.6 is 0 Å². The molecule has 0 fully saturated rings. The molecular weight excluding hydrogens is 282 g/mol. The molecule has 22 heavy (non-hydrogen) atoms. The average Bonchev–Trinajstić information content (AvgIpc) is 3.02. The minimum Gasteiger partial charge on any atom is -0.497 e. The largest absolute Gasteiger partial charge is 0.497 e. The monoisotopic (exact) mass is 299 g/mol. The number of rotatable bonds is 4. The van der Waals surface area contributed by atoms with E-state index < -0.39 is 0 Å². The van der Waals surface area contributed by atoms with Gasteiger partial charge >= 0.3 is 0 Å². The predicted molar refractivity (Wildman–Crippen MR) is 81.4 cm³/mol. The summed E-state index contributed by atoms with van der Waals surface area (Å²) in [5.74, 6) is 1.87. The molecule has 1 amide bonds. The Labute approximate surface area is 128 Å². The van der Waals surface area contributed by atoms with E-state index in [4.69, 9.17) is 14.2 Å². The van der Waals surface area contributed by atoms with Crippen LogP contribution in [-0.2, 0) is 0 Å². The quantitative estimate of drug-likeness (QED) is 0.943. The van der Waals surface area contributed by atoms with Crippen LogP contribution in [0.15, 0.2) is 42.5 Å². The summed E-state index contributed by atoms with van der Waals surface area (Å²) in [5, 5.41) is 2.96. The van der Waals surface area contributed by atoms with Crippen molar-refractivity contribution in [2.75, 3.05) is 13.9 Å². The van der Waals surface area contributed by atoms with E-state index in [1.165, 1.54) is 0 Å². The van der Waals surface area contributed by atoms with Crippen molar-refractivity contribution < 1.29 is 19.0 Å². The van der Waals surface area contributed by atoms with Crippen LogP contribution in [0.2, 0.25) is 0 Å². The van der Waals surface area contributed by atoms with Crippen molar-refractivity contribution in [1.82, 2.24) is 5.32 Å². The van der Waals surface area contributed by atoms with Crippen LogP contribution in [0.3, 0.4) is 0 Å². The van der Waals surface area contributed by atoms with Crippen LogP contribution in [0.1, 0.15) is 28.9 Å². The van der Waals surface area contributed by atoms with Crippen molar-refractivity contribution in [3.8, 4) is 17.2 Å². The predicted octanol–water partition coefficient (Wildman–Crippen LogP) is 2.91. The Kier molecular flexibility index (Phi) is 3.87. The highest BCUT2D eigenvalue weighted by atomic mass is 16.7. The first-order chi connectivity index (χ1) is 10.7. The smallest absolute Gasteiger partial charge is 0.251 e. The molecular formula is C17H17NO4. The van der Waals surface area contributed by atoms with Crippen LogP contribution in [0.5, 0.6) is 17.2 Å². The number of hydrogen-bond acceptors (Lipinski definition) is 4. The lowest BCUT2D eigenvalue weighted by molar-refractivity contribution is 0.0939. The Morgan fingerprint density at radius 2 is 2.00 bits per heavy atom. The molecule has 3 rings (SSSR count). The molecule has 1 atom stereocenters. The van der Waals surface area contributed by atoms with E-state index in [0.717, 1.165) is 11.3 Å². The third-order valence-corrected chi connectivity index (χ3v) is 3.58. The van der Waals surface area contributed by atoms with Crippen LogP contribution < -0.4 is 19.5 Å². The molecule has 0 radical (unpaired) electrons. The van der Waals surface area contributed by atoms with Gasteiger partial charge in [0.1, 0.15) is 5.75 Å². The standard InChI is InChI=1S/C17H17NO4/c1-11(12-4-3-5-14(8-12)20-2)18-17(19)13-6-7-15-16(9-13)22-10-21-15/h3-9,11H,10H2,1-2H3,(H,18,19). The highest BCUT2D eigenvalue weighted by molar-refractivity contribution is 5.95. The van der Waals surface area contributed by atoms with Gasteiger partial charge in [-0.05, 0) is 42.8 Å².